The lowest BCUT2D eigenvalue weighted by Crippen LogP contribution is -2.63. The molecule has 0 unspecified atom stereocenters. The number of likely N-dealkylation sites (N-methyl/N-ethyl adjacent to an activating group) is 1. The second-order valence-corrected chi connectivity index (χ2v) is 8.16. The van der Waals surface area contributed by atoms with E-state index in [-0.39, 0.29) is 6.61 Å². The third-order valence-electron chi connectivity index (χ3n) is 4.37. The van der Waals surface area contributed by atoms with E-state index in [0.717, 1.165) is 20.8 Å². The molecule has 0 aliphatic carbocycles. The number of carbonyl (C=O) groups is 5. The van der Waals surface area contributed by atoms with Crippen LogP contribution in [0.2, 0.25) is 0 Å². The molecule has 37 heavy (non-hydrogen) atoms. The Morgan fingerprint density at radius 2 is 1.41 bits per heavy atom. The Balaban J connectivity index is 0.00000161. The number of carbonyl (C=O) groups excluding carboxylic acids is 4. The highest BCUT2D eigenvalue weighted by molar-refractivity contribution is 5.75. The van der Waals surface area contributed by atoms with E-state index in [1.807, 2.05) is 14.1 Å². The van der Waals surface area contributed by atoms with Crippen LogP contribution in [0.15, 0.2) is 0 Å². The maximum atomic E-state index is 11.7. The van der Waals surface area contributed by atoms with Gasteiger partial charge in [0.15, 0.2) is 30.7 Å². The number of esters is 3. The van der Waals surface area contributed by atoms with Gasteiger partial charge < -0.3 is 43.2 Å². The zero-order valence-electron chi connectivity index (χ0n) is 20.6. The molecule has 1 rings (SSSR count). The minimum Gasteiger partial charge on any atom is -0.542 e. The van der Waals surface area contributed by atoms with E-state index in [9.17, 15) is 37.5 Å². The summed E-state index contributed by atoms with van der Waals surface area (Å²) in [5.41, 5.74) is 0. The standard InChI is InChI=1S/C19H27NO10.C2HF3O2/c1-7-8-20(5,6)9-10-26-19-17(29-13(4)23)15(28-12(3)22)14(27-11(2)21)16(30-19)18(24)25;3-2(4,5)1(6)7/h1,14-17,19H,8-10H2,2-6H3;(H,6,7)/t14-,15-,16-,17+,19+;/m0./s1. The average Bonchev–Trinajstić information content (AvgIpc) is 2.70. The first-order valence-electron chi connectivity index (χ1n) is 10.4. The maximum absolute atomic E-state index is 11.7. The fourth-order valence-electron chi connectivity index (χ4n) is 2.85. The van der Waals surface area contributed by atoms with E-state index < -0.39 is 66.7 Å². The summed E-state index contributed by atoms with van der Waals surface area (Å²) in [5.74, 6) is -4.33. The molecule has 0 aromatic rings. The van der Waals surface area contributed by atoms with Crippen LogP contribution in [0.25, 0.3) is 0 Å². The summed E-state index contributed by atoms with van der Waals surface area (Å²) in [4.78, 5) is 55.3. The molecule has 0 spiro atoms. The molecule has 1 heterocycles. The summed E-state index contributed by atoms with van der Waals surface area (Å²) in [5, 5.41) is 18.3. The SMILES string of the molecule is C#CC[N+](C)(C)CCO[C@@H]1O[C@H](C(=O)O)[C@@H](OC(C)=O)[C@H](OC(C)=O)[C@H]1OC(C)=O.O=C([O-])C(F)(F)F. The minimum atomic E-state index is -5.19. The van der Waals surface area contributed by atoms with Crippen molar-refractivity contribution in [2.24, 2.45) is 0 Å². The van der Waals surface area contributed by atoms with Crippen molar-refractivity contribution in [1.29, 1.82) is 0 Å². The number of ether oxygens (including phenoxy) is 5. The zero-order valence-corrected chi connectivity index (χ0v) is 20.6. The van der Waals surface area contributed by atoms with Crippen LogP contribution >= 0.6 is 0 Å². The second-order valence-electron chi connectivity index (χ2n) is 8.16. The van der Waals surface area contributed by atoms with E-state index in [4.69, 9.17) is 40.0 Å². The van der Waals surface area contributed by atoms with Gasteiger partial charge in [0.25, 0.3) is 0 Å². The summed E-state index contributed by atoms with van der Waals surface area (Å²) >= 11 is 0. The van der Waals surface area contributed by atoms with Crippen LogP contribution in [0, 0.1) is 12.3 Å². The van der Waals surface area contributed by atoms with Crippen molar-refractivity contribution in [1.82, 2.24) is 0 Å². The van der Waals surface area contributed by atoms with Crippen molar-refractivity contribution in [3.63, 3.8) is 0 Å². The van der Waals surface area contributed by atoms with Gasteiger partial charge in [-0.05, 0) is 5.92 Å². The molecule has 0 amide bonds. The van der Waals surface area contributed by atoms with Crippen molar-refractivity contribution in [3.8, 4) is 12.3 Å². The van der Waals surface area contributed by atoms with Crippen LogP contribution in [0.4, 0.5) is 13.2 Å². The Bertz CT molecular complexity index is 883. The predicted molar refractivity (Wildman–Crippen MR) is 111 cm³/mol. The molecule has 0 radical (unpaired) electrons. The number of hydrogen-bond donors (Lipinski definition) is 1. The Labute approximate surface area is 209 Å². The molecule has 5 atom stereocenters. The number of quaternary nitrogens is 1. The van der Waals surface area contributed by atoms with Gasteiger partial charge in [0, 0.05) is 20.8 Å². The van der Waals surface area contributed by atoms with E-state index in [1.165, 1.54) is 0 Å². The number of carboxylic acids is 2. The minimum absolute atomic E-state index is 0.0640. The summed E-state index contributed by atoms with van der Waals surface area (Å²) in [6, 6.07) is 0. The molecule has 0 saturated carbocycles. The topological polar surface area (TPSA) is 175 Å². The molecule has 1 N–H and O–H groups in total. The monoisotopic (exact) mass is 543 g/mol. The predicted octanol–water partition coefficient (Wildman–Crippen LogP) is -1.38. The number of carboxylic acid groups (broad SMARTS) is 2. The van der Waals surface area contributed by atoms with Gasteiger partial charge in [0.2, 0.25) is 0 Å². The van der Waals surface area contributed by atoms with Gasteiger partial charge in [-0.1, -0.05) is 0 Å². The van der Waals surface area contributed by atoms with Crippen LogP contribution in [0.3, 0.4) is 0 Å². The Morgan fingerprint density at radius 3 is 1.78 bits per heavy atom. The second kappa shape index (κ2) is 14.4. The number of alkyl halides is 3. The van der Waals surface area contributed by atoms with Crippen LogP contribution in [0.1, 0.15) is 20.8 Å². The summed E-state index contributed by atoms with van der Waals surface area (Å²) in [7, 11) is 3.74. The third-order valence-corrected chi connectivity index (χ3v) is 4.37. The molecule has 1 fully saturated rings. The number of halogens is 3. The molecule has 0 bridgehead atoms. The molecule has 210 valence electrons. The maximum Gasteiger partial charge on any atom is 0.430 e. The Kier molecular flexibility index (Phi) is 13.0. The fourth-order valence-corrected chi connectivity index (χ4v) is 2.85. The molecule has 1 aliphatic heterocycles. The molecule has 1 aliphatic rings. The first-order chi connectivity index (χ1) is 16.8. The lowest BCUT2D eigenvalue weighted by Gasteiger charge is -2.43. The lowest BCUT2D eigenvalue weighted by molar-refractivity contribution is -0.883. The van der Waals surface area contributed by atoms with Gasteiger partial charge >= 0.3 is 30.1 Å². The molecule has 0 aromatic heterocycles. The molecular weight excluding hydrogens is 515 g/mol. The summed E-state index contributed by atoms with van der Waals surface area (Å²) < 4.78 is 58.5. The molecule has 16 heteroatoms. The van der Waals surface area contributed by atoms with Gasteiger partial charge in [-0.15, -0.1) is 6.42 Å². The number of rotatable bonds is 9. The number of aliphatic carboxylic acids is 2. The van der Waals surface area contributed by atoms with Gasteiger partial charge in [-0.2, -0.15) is 13.2 Å². The fraction of sp³-hybridized carbons (Fsp3) is 0.667. The van der Waals surface area contributed by atoms with Crippen molar-refractivity contribution < 1.29 is 75.5 Å². The highest BCUT2D eigenvalue weighted by Gasteiger charge is 2.55. The zero-order chi connectivity index (χ0) is 29.1. The van der Waals surface area contributed by atoms with Crippen LogP contribution in [-0.4, -0.2) is 110 Å². The van der Waals surface area contributed by atoms with Crippen molar-refractivity contribution >= 4 is 29.8 Å². The summed E-state index contributed by atoms with van der Waals surface area (Å²) in [6.45, 7) is 4.16. The van der Waals surface area contributed by atoms with E-state index in [0.29, 0.717) is 17.6 Å². The number of hydrogen-bond acceptors (Lipinski definition) is 11. The Hall–Kier alpha value is -3.42. The molecule has 0 aromatic carbocycles. The van der Waals surface area contributed by atoms with Crippen molar-refractivity contribution in [2.75, 3.05) is 33.8 Å². The summed E-state index contributed by atoms with van der Waals surface area (Å²) in [6.07, 6.45) is -7.35. The normalized spacial score (nSPS) is 23.4. The molecule has 13 nitrogen and oxygen atoms in total. The van der Waals surface area contributed by atoms with Crippen LogP contribution in [0.5, 0.6) is 0 Å². The highest BCUT2D eigenvalue weighted by atomic mass is 19.4. The quantitative estimate of drug-likeness (QED) is 0.156. The molecular formula is C21H28F3NO12. The van der Waals surface area contributed by atoms with Gasteiger partial charge in [-0.3, -0.25) is 14.4 Å². The first kappa shape index (κ1) is 33.6. The van der Waals surface area contributed by atoms with Crippen molar-refractivity contribution in [3.05, 3.63) is 0 Å². The largest absolute Gasteiger partial charge is 0.542 e. The van der Waals surface area contributed by atoms with E-state index in [1.54, 1.807) is 0 Å². The van der Waals surface area contributed by atoms with Gasteiger partial charge in [0.1, 0.15) is 19.1 Å². The van der Waals surface area contributed by atoms with Gasteiger partial charge in [-0.25, -0.2) is 4.79 Å². The van der Waals surface area contributed by atoms with Gasteiger partial charge in [0.05, 0.1) is 20.7 Å². The lowest BCUT2D eigenvalue weighted by atomic mass is 9.98. The Morgan fingerprint density at radius 1 is 0.973 bits per heavy atom. The van der Waals surface area contributed by atoms with Crippen molar-refractivity contribution in [2.45, 2.75) is 57.7 Å². The first-order valence-corrected chi connectivity index (χ1v) is 10.4. The van der Waals surface area contributed by atoms with Crippen LogP contribution < -0.4 is 5.11 Å². The van der Waals surface area contributed by atoms with Crippen LogP contribution in [-0.2, 0) is 47.7 Å². The highest BCUT2D eigenvalue weighted by Crippen LogP contribution is 2.29. The van der Waals surface area contributed by atoms with E-state index in [2.05, 4.69) is 5.92 Å². The number of terminal acetylenes is 1. The number of nitrogens with zero attached hydrogens (tertiary/aromatic N) is 1. The van der Waals surface area contributed by atoms with E-state index >= 15 is 0 Å². The molecule has 1 saturated heterocycles. The third kappa shape index (κ3) is 12.4. The average molecular weight is 543 g/mol. The smallest absolute Gasteiger partial charge is 0.430 e.